The van der Waals surface area contributed by atoms with Crippen molar-refractivity contribution in [3.8, 4) is 17.2 Å². The Morgan fingerprint density at radius 3 is 2.83 bits per heavy atom. The molecule has 2 aromatic rings. The second-order valence-corrected chi connectivity index (χ2v) is 5.24. The molecule has 1 amide bonds. The number of para-hydroxylation sites is 1. The van der Waals surface area contributed by atoms with E-state index in [4.69, 9.17) is 14.2 Å². The molecule has 1 aliphatic rings. The number of hydrogen-bond donors (Lipinski definition) is 1. The molecule has 0 aliphatic carbocycles. The Kier molecular flexibility index (Phi) is 4.37. The Morgan fingerprint density at radius 2 is 2.00 bits per heavy atom. The lowest BCUT2D eigenvalue weighted by molar-refractivity contribution is 0.0936. The molecule has 23 heavy (non-hydrogen) atoms. The van der Waals surface area contributed by atoms with Gasteiger partial charge in [0.1, 0.15) is 5.75 Å². The molecular formula is C18H19NO4. The van der Waals surface area contributed by atoms with Gasteiger partial charge in [0.05, 0.1) is 18.2 Å². The van der Waals surface area contributed by atoms with Crippen LogP contribution in [0, 0.1) is 0 Å². The summed E-state index contributed by atoms with van der Waals surface area (Å²) in [6.45, 7) is 4.58. The van der Waals surface area contributed by atoms with Gasteiger partial charge in [0, 0.05) is 0 Å². The van der Waals surface area contributed by atoms with Crippen LogP contribution >= 0.6 is 0 Å². The molecule has 3 rings (SSSR count). The van der Waals surface area contributed by atoms with Crippen LogP contribution in [0.25, 0.3) is 0 Å². The van der Waals surface area contributed by atoms with Crippen LogP contribution < -0.4 is 19.5 Å². The molecule has 0 saturated carbocycles. The molecule has 5 nitrogen and oxygen atoms in total. The van der Waals surface area contributed by atoms with E-state index in [-0.39, 0.29) is 18.7 Å². The second kappa shape index (κ2) is 6.60. The number of fused-ring (bicyclic) bond motifs is 1. The zero-order valence-electron chi connectivity index (χ0n) is 13.2. The van der Waals surface area contributed by atoms with E-state index in [0.29, 0.717) is 23.7 Å². The van der Waals surface area contributed by atoms with Gasteiger partial charge in [-0.2, -0.15) is 0 Å². The average Bonchev–Trinajstić information content (AvgIpc) is 3.03. The first-order valence-corrected chi connectivity index (χ1v) is 7.61. The predicted octanol–water partition coefficient (Wildman–Crippen LogP) is 3.31. The number of nitrogens with one attached hydrogen (secondary N) is 1. The Labute approximate surface area is 135 Å². The van der Waals surface area contributed by atoms with Crippen molar-refractivity contribution < 1.29 is 19.0 Å². The van der Waals surface area contributed by atoms with E-state index in [1.54, 1.807) is 12.1 Å². The summed E-state index contributed by atoms with van der Waals surface area (Å²) in [6, 6.07) is 12.7. The molecule has 5 heteroatoms. The molecule has 0 fully saturated rings. The first kappa shape index (κ1) is 15.2. The van der Waals surface area contributed by atoms with E-state index >= 15 is 0 Å². The first-order valence-electron chi connectivity index (χ1n) is 7.61. The van der Waals surface area contributed by atoms with E-state index in [9.17, 15) is 4.79 Å². The van der Waals surface area contributed by atoms with Crippen LogP contribution in [0.15, 0.2) is 42.5 Å². The van der Waals surface area contributed by atoms with Gasteiger partial charge in [-0.1, -0.05) is 18.2 Å². The third-order valence-corrected chi connectivity index (χ3v) is 3.68. The highest BCUT2D eigenvalue weighted by Gasteiger charge is 2.18. The summed E-state index contributed by atoms with van der Waals surface area (Å²) in [7, 11) is 0. The standard InChI is InChI=1S/C18H19NO4/c1-3-21-15-7-5-4-6-14(15)18(20)19-12(2)13-8-9-16-17(10-13)23-11-22-16/h4-10,12H,3,11H2,1-2H3,(H,19,20)/t12-/m1/s1. The maximum absolute atomic E-state index is 12.5. The summed E-state index contributed by atoms with van der Waals surface area (Å²) in [5.41, 5.74) is 1.48. The van der Waals surface area contributed by atoms with Gasteiger partial charge >= 0.3 is 0 Å². The second-order valence-electron chi connectivity index (χ2n) is 5.24. The fraction of sp³-hybridized carbons (Fsp3) is 0.278. The molecule has 1 aliphatic heterocycles. The Morgan fingerprint density at radius 1 is 1.22 bits per heavy atom. The highest BCUT2D eigenvalue weighted by Crippen LogP contribution is 2.34. The van der Waals surface area contributed by atoms with Gasteiger partial charge in [-0.3, -0.25) is 4.79 Å². The molecule has 0 radical (unpaired) electrons. The molecular weight excluding hydrogens is 294 g/mol. The topological polar surface area (TPSA) is 56.8 Å². The van der Waals surface area contributed by atoms with Crippen LogP contribution in [0.3, 0.4) is 0 Å². The lowest BCUT2D eigenvalue weighted by Crippen LogP contribution is -2.27. The monoisotopic (exact) mass is 313 g/mol. The minimum Gasteiger partial charge on any atom is -0.493 e. The van der Waals surface area contributed by atoms with Crippen molar-refractivity contribution in [3.05, 3.63) is 53.6 Å². The van der Waals surface area contributed by atoms with Crippen molar-refractivity contribution in [1.82, 2.24) is 5.32 Å². The largest absolute Gasteiger partial charge is 0.493 e. The summed E-state index contributed by atoms with van der Waals surface area (Å²) in [4.78, 5) is 12.5. The van der Waals surface area contributed by atoms with Crippen LogP contribution in [0.5, 0.6) is 17.2 Å². The molecule has 0 unspecified atom stereocenters. The molecule has 1 atom stereocenters. The smallest absolute Gasteiger partial charge is 0.255 e. The summed E-state index contributed by atoms with van der Waals surface area (Å²) in [5, 5.41) is 2.99. The first-order chi connectivity index (χ1) is 11.2. The van der Waals surface area contributed by atoms with E-state index in [1.165, 1.54) is 0 Å². The normalized spacial score (nSPS) is 13.5. The summed E-state index contributed by atoms with van der Waals surface area (Å²) < 4.78 is 16.2. The Balaban J connectivity index is 1.75. The van der Waals surface area contributed by atoms with E-state index in [1.807, 2.05) is 44.2 Å². The Bertz CT molecular complexity index is 714. The molecule has 0 aromatic heterocycles. The highest BCUT2D eigenvalue weighted by molar-refractivity contribution is 5.97. The van der Waals surface area contributed by atoms with Crippen LogP contribution in [-0.4, -0.2) is 19.3 Å². The van der Waals surface area contributed by atoms with Crippen molar-refractivity contribution in [3.63, 3.8) is 0 Å². The molecule has 0 bridgehead atoms. The molecule has 1 heterocycles. The maximum atomic E-state index is 12.5. The Hall–Kier alpha value is -2.69. The zero-order valence-corrected chi connectivity index (χ0v) is 13.2. The van der Waals surface area contributed by atoms with Crippen molar-refractivity contribution in [2.45, 2.75) is 19.9 Å². The number of rotatable bonds is 5. The fourth-order valence-electron chi connectivity index (χ4n) is 2.48. The SMILES string of the molecule is CCOc1ccccc1C(=O)N[C@H](C)c1ccc2c(c1)OCO2. The third-order valence-electron chi connectivity index (χ3n) is 3.68. The lowest BCUT2D eigenvalue weighted by Gasteiger charge is -2.16. The van der Waals surface area contributed by atoms with Gasteiger partial charge in [-0.15, -0.1) is 0 Å². The number of carbonyl (C=O) groups is 1. The van der Waals surface area contributed by atoms with Gasteiger partial charge in [-0.05, 0) is 43.7 Å². The lowest BCUT2D eigenvalue weighted by atomic mass is 10.1. The average molecular weight is 313 g/mol. The molecule has 0 spiro atoms. The third kappa shape index (κ3) is 3.23. The quantitative estimate of drug-likeness (QED) is 0.920. The van der Waals surface area contributed by atoms with Crippen LogP contribution in [0.1, 0.15) is 35.8 Å². The number of carbonyl (C=O) groups excluding carboxylic acids is 1. The number of amides is 1. The summed E-state index contributed by atoms with van der Waals surface area (Å²) in [5.74, 6) is 1.86. The fourth-order valence-corrected chi connectivity index (χ4v) is 2.48. The zero-order chi connectivity index (χ0) is 16.2. The summed E-state index contributed by atoms with van der Waals surface area (Å²) >= 11 is 0. The van der Waals surface area contributed by atoms with E-state index in [0.717, 1.165) is 11.3 Å². The highest BCUT2D eigenvalue weighted by atomic mass is 16.7. The van der Waals surface area contributed by atoms with Crippen molar-refractivity contribution in [2.24, 2.45) is 0 Å². The molecule has 2 aromatic carbocycles. The van der Waals surface area contributed by atoms with E-state index in [2.05, 4.69) is 5.32 Å². The minimum absolute atomic E-state index is 0.160. The van der Waals surface area contributed by atoms with Gasteiger partial charge < -0.3 is 19.5 Å². The maximum Gasteiger partial charge on any atom is 0.255 e. The minimum atomic E-state index is -0.167. The van der Waals surface area contributed by atoms with Gasteiger partial charge in [0.25, 0.3) is 5.91 Å². The van der Waals surface area contributed by atoms with Crippen molar-refractivity contribution >= 4 is 5.91 Å². The molecule has 0 saturated heterocycles. The predicted molar refractivity (Wildman–Crippen MR) is 86.1 cm³/mol. The van der Waals surface area contributed by atoms with Crippen LogP contribution in [0.2, 0.25) is 0 Å². The van der Waals surface area contributed by atoms with Gasteiger partial charge in [-0.25, -0.2) is 0 Å². The van der Waals surface area contributed by atoms with Crippen molar-refractivity contribution in [1.29, 1.82) is 0 Å². The van der Waals surface area contributed by atoms with Crippen molar-refractivity contribution in [2.75, 3.05) is 13.4 Å². The number of hydrogen-bond acceptors (Lipinski definition) is 4. The molecule has 120 valence electrons. The van der Waals surface area contributed by atoms with E-state index < -0.39 is 0 Å². The molecule has 1 N–H and O–H groups in total. The number of ether oxygens (including phenoxy) is 3. The van der Waals surface area contributed by atoms with Crippen LogP contribution in [0.4, 0.5) is 0 Å². The van der Waals surface area contributed by atoms with Gasteiger partial charge in [0.2, 0.25) is 6.79 Å². The van der Waals surface area contributed by atoms with Gasteiger partial charge in [0.15, 0.2) is 11.5 Å². The summed E-state index contributed by atoms with van der Waals surface area (Å²) in [6.07, 6.45) is 0. The van der Waals surface area contributed by atoms with Crippen LogP contribution in [-0.2, 0) is 0 Å². The number of benzene rings is 2.